The Morgan fingerprint density at radius 2 is 1.96 bits per heavy atom. The number of ether oxygens (including phenoxy) is 2. The lowest BCUT2D eigenvalue weighted by molar-refractivity contribution is -0.142. The lowest BCUT2D eigenvalue weighted by atomic mass is 10.2. The van der Waals surface area contributed by atoms with Crippen molar-refractivity contribution in [1.29, 1.82) is 0 Å². The molecule has 152 valence electrons. The Labute approximate surface area is 163 Å². The fraction of sp³-hybridized carbons (Fsp3) is 0.556. The molecule has 28 heavy (non-hydrogen) atoms. The fourth-order valence-electron chi connectivity index (χ4n) is 3.62. The van der Waals surface area contributed by atoms with Crippen LogP contribution in [0.2, 0.25) is 0 Å². The number of carbonyl (C=O) groups excluding carboxylic acids is 2. The Kier molecular flexibility index (Phi) is 5.02. The van der Waals surface area contributed by atoms with E-state index in [1.165, 1.54) is 22.5 Å². The molecule has 0 radical (unpaired) electrons. The van der Waals surface area contributed by atoms with E-state index in [2.05, 4.69) is 5.32 Å². The van der Waals surface area contributed by atoms with Gasteiger partial charge in [0, 0.05) is 38.9 Å². The summed E-state index contributed by atoms with van der Waals surface area (Å²) < 4.78 is 38.3. The van der Waals surface area contributed by atoms with Crippen LogP contribution in [0.15, 0.2) is 23.1 Å². The van der Waals surface area contributed by atoms with Crippen LogP contribution in [0.3, 0.4) is 0 Å². The Hall–Kier alpha value is -2.17. The standard InChI is InChI=1S/C18H23N3O6S/c1-12-17(22)19-14-5-4-13(11-16(14)27-12)28(24,25)21-8-6-20(7-9-21)18(23)15-3-2-10-26-15/h4-5,11-12,15H,2-3,6-10H2,1H3,(H,19,22). The zero-order valence-corrected chi connectivity index (χ0v) is 16.4. The predicted molar refractivity (Wildman–Crippen MR) is 99.5 cm³/mol. The molecule has 1 aromatic rings. The Bertz CT molecular complexity index is 889. The van der Waals surface area contributed by atoms with Crippen molar-refractivity contribution in [1.82, 2.24) is 9.21 Å². The quantitative estimate of drug-likeness (QED) is 0.776. The smallest absolute Gasteiger partial charge is 0.265 e. The molecule has 0 aromatic heterocycles. The highest BCUT2D eigenvalue weighted by Gasteiger charge is 2.34. The number of nitrogens with zero attached hydrogens (tertiary/aromatic N) is 2. The highest BCUT2D eigenvalue weighted by molar-refractivity contribution is 7.89. The van der Waals surface area contributed by atoms with Crippen LogP contribution in [0.1, 0.15) is 19.8 Å². The van der Waals surface area contributed by atoms with E-state index in [9.17, 15) is 18.0 Å². The summed E-state index contributed by atoms with van der Waals surface area (Å²) in [6.07, 6.45) is 0.530. The molecule has 2 fully saturated rings. The zero-order valence-electron chi connectivity index (χ0n) is 15.6. The first-order chi connectivity index (χ1) is 13.4. The van der Waals surface area contributed by atoms with E-state index in [0.29, 0.717) is 31.1 Å². The third kappa shape index (κ3) is 3.47. The molecular formula is C18H23N3O6S. The molecule has 9 nitrogen and oxygen atoms in total. The van der Waals surface area contributed by atoms with Gasteiger partial charge in [-0.25, -0.2) is 8.42 Å². The van der Waals surface area contributed by atoms with Gasteiger partial charge in [0.1, 0.15) is 11.9 Å². The molecule has 3 aliphatic rings. The van der Waals surface area contributed by atoms with Crippen molar-refractivity contribution in [2.24, 2.45) is 0 Å². The van der Waals surface area contributed by atoms with Gasteiger partial charge in [-0.2, -0.15) is 4.31 Å². The van der Waals surface area contributed by atoms with Gasteiger partial charge in [0.25, 0.3) is 11.8 Å². The van der Waals surface area contributed by atoms with Crippen LogP contribution in [-0.2, 0) is 24.3 Å². The van der Waals surface area contributed by atoms with Crippen LogP contribution < -0.4 is 10.1 Å². The number of hydrogen-bond acceptors (Lipinski definition) is 6. The second kappa shape index (κ2) is 7.34. The molecule has 1 aromatic carbocycles. The molecule has 0 bridgehead atoms. The van der Waals surface area contributed by atoms with Gasteiger partial charge in [-0.05, 0) is 31.9 Å². The van der Waals surface area contributed by atoms with Gasteiger partial charge in [-0.1, -0.05) is 0 Å². The first-order valence-corrected chi connectivity index (χ1v) is 10.8. The molecule has 2 unspecified atom stereocenters. The number of fused-ring (bicyclic) bond motifs is 1. The monoisotopic (exact) mass is 409 g/mol. The number of benzene rings is 1. The fourth-order valence-corrected chi connectivity index (χ4v) is 5.05. The van der Waals surface area contributed by atoms with Crippen molar-refractivity contribution in [3.8, 4) is 5.75 Å². The predicted octanol–water partition coefficient (Wildman–Crippen LogP) is 0.418. The van der Waals surface area contributed by atoms with E-state index < -0.39 is 22.2 Å². The molecule has 0 spiro atoms. The van der Waals surface area contributed by atoms with Gasteiger partial charge < -0.3 is 19.7 Å². The average Bonchev–Trinajstić information content (AvgIpc) is 3.23. The van der Waals surface area contributed by atoms with Crippen molar-refractivity contribution in [2.75, 3.05) is 38.1 Å². The van der Waals surface area contributed by atoms with E-state index in [1.807, 2.05) is 0 Å². The number of hydrogen-bond donors (Lipinski definition) is 1. The maximum atomic E-state index is 13.0. The van der Waals surface area contributed by atoms with Crippen molar-refractivity contribution >= 4 is 27.5 Å². The van der Waals surface area contributed by atoms with Crippen LogP contribution in [0, 0.1) is 0 Å². The lowest BCUT2D eigenvalue weighted by Crippen LogP contribution is -2.52. The molecule has 3 heterocycles. The SMILES string of the molecule is CC1Oc2cc(S(=O)(=O)N3CCN(C(=O)C4CCCO4)CC3)ccc2NC1=O. The Morgan fingerprint density at radius 1 is 1.21 bits per heavy atom. The van der Waals surface area contributed by atoms with Crippen LogP contribution in [0.5, 0.6) is 5.75 Å². The summed E-state index contributed by atoms with van der Waals surface area (Å²) in [6, 6.07) is 4.42. The highest BCUT2D eigenvalue weighted by Crippen LogP contribution is 2.33. The van der Waals surface area contributed by atoms with Gasteiger partial charge in [0.2, 0.25) is 10.0 Å². The van der Waals surface area contributed by atoms with Crippen molar-refractivity contribution in [3.05, 3.63) is 18.2 Å². The molecule has 3 aliphatic heterocycles. The van der Waals surface area contributed by atoms with Crippen LogP contribution >= 0.6 is 0 Å². The van der Waals surface area contributed by atoms with Crippen molar-refractivity contribution < 1.29 is 27.5 Å². The summed E-state index contributed by atoms with van der Waals surface area (Å²) >= 11 is 0. The van der Waals surface area contributed by atoms with Crippen molar-refractivity contribution in [3.63, 3.8) is 0 Å². The Morgan fingerprint density at radius 3 is 2.64 bits per heavy atom. The average molecular weight is 409 g/mol. The highest BCUT2D eigenvalue weighted by atomic mass is 32.2. The molecule has 0 saturated carbocycles. The van der Waals surface area contributed by atoms with Gasteiger partial charge in [-0.3, -0.25) is 9.59 Å². The number of anilines is 1. The lowest BCUT2D eigenvalue weighted by Gasteiger charge is -2.35. The van der Waals surface area contributed by atoms with Crippen molar-refractivity contribution in [2.45, 2.75) is 36.9 Å². The topological polar surface area (TPSA) is 105 Å². The Balaban J connectivity index is 1.45. The number of nitrogens with one attached hydrogen (secondary N) is 1. The minimum Gasteiger partial charge on any atom is -0.479 e. The summed E-state index contributed by atoms with van der Waals surface area (Å²) in [7, 11) is -3.72. The van der Waals surface area contributed by atoms with Gasteiger partial charge in [-0.15, -0.1) is 0 Å². The van der Waals surface area contributed by atoms with Crippen LogP contribution in [0.25, 0.3) is 0 Å². The van der Waals surface area contributed by atoms with Crippen LogP contribution in [-0.4, -0.2) is 74.4 Å². The number of rotatable bonds is 3. The maximum Gasteiger partial charge on any atom is 0.265 e. The minimum absolute atomic E-state index is 0.0542. The van der Waals surface area contributed by atoms with Gasteiger partial charge in [0.05, 0.1) is 10.6 Å². The molecule has 0 aliphatic carbocycles. The first kappa shape index (κ1) is 19.2. The summed E-state index contributed by atoms with van der Waals surface area (Å²) in [5.41, 5.74) is 0.453. The van der Waals surface area contributed by atoms with Crippen LogP contribution in [0.4, 0.5) is 5.69 Å². The summed E-state index contributed by atoms with van der Waals surface area (Å²) in [5.74, 6) is 0.0111. The maximum absolute atomic E-state index is 13.0. The molecule has 4 rings (SSSR count). The molecule has 1 N–H and O–H groups in total. The molecular weight excluding hydrogens is 386 g/mol. The molecule has 2 saturated heterocycles. The summed E-state index contributed by atoms with van der Waals surface area (Å²) in [6.45, 7) is 3.34. The largest absolute Gasteiger partial charge is 0.479 e. The number of carbonyl (C=O) groups is 2. The van der Waals surface area contributed by atoms with Gasteiger partial charge >= 0.3 is 0 Å². The first-order valence-electron chi connectivity index (χ1n) is 9.38. The number of sulfonamides is 1. The third-order valence-corrected chi connectivity index (χ3v) is 7.17. The summed E-state index contributed by atoms with van der Waals surface area (Å²) in [5, 5.41) is 2.68. The number of amides is 2. The van der Waals surface area contributed by atoms with E-state index >= 15 is 0 Å². The molecule has 2 amide bonds. The number of piperazine rings is 1. The van der Waals surface area contributed by atoms with E-state index in [4.69, 9.17) is 9.47 Å². The van der Waals surface area contributed by atoms with Gasteiger partial charge in [0.15, 0.2) is 6.10 Å². The summed E-state index contributed by atoms with van der Waals surface area (Å²) in [4.78, 5) is 25.9. The normalized spacial score (nSPS) is 25.8. The molecule has 2 atom stereocenters. The van der Waals surface area contributed by atoms with E-state index in [-0.39, 0.29) is 29.8 Å². The zero-order chi connectivity index (χ0) is 19.9. The second-order valence-electron chi connectivity index (χ2n) is 7.14. The third-order valence-electron chi connectivity index (χ3n) is 5.28. The van der Waals surface area contributed by atoms with E-state index in [0.717, 1.165) is 12.8 Å². The van der Waals surface area contributed by atoms with E-state index in [1.54, 1.807) is 11.8 Å². The second-order valence-corrected chi connectivity index (χ2v) is 9.08. The molecule has 10 heteroatoms. The minimum atomic E-state index is -3.72.